The Bertz CT molecular complexity index is 459. The number of nitrogens with zero attached hydrogens (tertiary/aromatic N) is 1. The maximum atomic E-state index is 4.85. The van der Waals surface area contributed by atoms with E-state index in [0.29, 0.717) is 3.15 Å². The van der Waals surface area contributed by atoms with Crippen LogP contribution in [0, 0.1) is 0 Å². The van der Waals surface area contributed by atoms with Crippen molar-refractivity contribution in [2.24, 2.45) is 0 Å². The average molecular weight is 352 g/mol. The van der Waals surface area contributed by atoms with Crippen molar-refractivity contribution < 1.29 is 0 Å². The molecule has 0 aromatic carbocycles. The second kappa shape index (κ2) is 6.09. The van der Waals surface area contributed by atoms with Gasteiger partial charge in [-0.25, -0.2) is 0 Å². The molecule has 1 rings (SSSR count). The maximum absolute atomic E-state index is 4.85. The summed E-state index contributed by atoms with van der Waals surface area (Å²) in [5.74, 6) is 5.24. The van der Waals surface area contributed by atoms with Gasteiger partial charge in [-0.3, -0.25) is 4.98 Å². The summed E-state index contributed by atoms with van der Waals surface area (Å²) in [6, 6.07) is 6.57. The molecule has 0 saturated carbocycles. The summed E-state index contributed by atoms with van der Waals surface area (Å²) >= 11 is -0.821. The molecule has 0 spiro atoms. The molecule has 1 heterocycles. The van der Waals surface area contributed by atoms with E-state index in [1.807, 2.05) is 6.20 Å². The number of hydrogen-bond acceptors (Lipinski definition) is 1. The van der Waals surface area contributed by atoms with Crippen molar-refractivity contribution in [1.82, 2.24) is 4.98 Å². The summed E-state index contributed by atoms with van der Waals surface area (Å²) in [6.45, 7) is 21.1. The van der Waals surface area contributed by atoms with E-state index in [-0.39, 0.29) is 0 Å². The third kappa shape index (κ3) is 3.05. The fourth-order valence-electron chi connectivity index (χ4n) is 6.39. The van der Waals surface area contributed by atoms with Crippen molar-refractivity contribution >= 4 is 43.7 Å². The van der Waals surface area contributed by atoms with E-state index in [0.717, 1.165) is 0 Å². The van der Waals surface area contributed by atoms with Gasteiger partial charge in [0.1, 0.15) is 0 Å². The standard InChI is InChI=1S/C14H28NSi3.2CH3.Al/c1-16(2,3)14(17(4,5)6)18(7,8)13-11-9-10-12-15-13;;;/h9-12H,1-8H3;2*1H3;. The Hall–Kier alpha value is 0.333. The fourth-order valence-corrected chi connectivity index (χ4v) is 52.5. The zero-order valence-electron chi connectivity index (χ0n) is 15.8. The van der Waals surface area contributed by atoms with Gasteiger partial charge in [0.15, 0.2) is 0 Å². The normalized spacial score (nSPS) is 14.2. The van der Waals surface area contributed by atoms with Gasteiger partial charge in [-0.1, -0.05) is 61.6 Å². The maximum Gasteiger partial charge on any atom is 0.254 e. The van der Waals surface area contributed by atoms with E-state index in [2.05, 4.69) is 82.1 Å². The van der Waals surface area contributed by atoms with Gasteiger partial charge >= 0.3 is 0 Å². The highest BCUT2D eigenvalue weighted by Gasteiger charge is 2.64. The Kier molecular flexibility index (Phi) is 5.62. The van der Waals surface area contributed by atoms with Gasteiger partial charge in [-0.15, -0.1) is 11.6 Å². The third-order valence-corrected chi connectivity index (χ3v) is 40.8. The molecule has 1 aromatic heterocycles. The zero-order chi connectivity index (χ0) is 16.7. The highest BCUT2D eigenvalue weighted by atomic mass is 28.5. The zero-order valence-corrected chi connectivity index (χ0v) is 20.0. The van der Waals surface area contributed by atoms with Gasteiger partial charge in [0, 0.05) is 27.7 Å². The van der Waals surface area contributed by atoms with Gasteiger partial charge < -0.3 is 0 Å². The Balaban J connectivity index is 3.73. The number of hydrogen-bond donors (Lipinski definition) is 0. The highest BCUT2D eigenvalue weighted by molar-refractivity contribution is 7.28. The molecule has 0 N–H and O–H groups in total. The van der Waals surface area contributed by atoms with Crippen LogP contribution in [0.3, 0.4) is 0 Å². The molecule has 0 fully saturated rings. The van der Waals surface area contributed by atoms with Crippen LogP contribution in [0.25, 0.3) is 0 Å². The smallest absolute Gasteiger partial charge is 0.254 e. The van der Waals surface area contributed by atoms with Gasteiger partial charge in [-0.2, -0.15) is 0 Å². The Morgan fingerprint density at radius 3 is 1.62 bits per heavy atom. The largest absolute Gasteiger partial charge is 0.266 e. The molecule has 0 unspecified atom stereocenters. The molecule has 5 heteroatoms. The van der Waals surface area contributed by atoms with E-state index >= 15 is 0 Å². The SMILES string of the molecule is [CH3][Al]([CH3])[C]([Si](C)(C)C)([Si](C)(C)C)[Si](C)(C)c1ccccn1. The lowest BCUT2D eigenvalue weighted by Gasteiger charge is -2.62. The van der Waals surface area contributed by atoms with Crippen molar-refractivity contribution in [2.75, 3.05) is 0 Å². The van der Waals surface area contributed by atoms with E-state index in [4.69, 9.17) is 4.98 Å². The molecule has 0 atom stereocenters. The second-order valence-corrected chi connectivity index (χ2v) is 30.8. The predicted molar refractivity (Wildman–Crippen MR) is 108 cm³/mol. The lowest BCUT2D eigenvalue weighted by molar-refractivity contribution is 1.20. The summed E-state index contributed by atoms with van der Waals surface area (Å²) in [5.41, 5.74) is 0. The highest BCUT2D eigenvalue weighted by Crippen LogP contribution is 2.55. The van der Waals surface area contributed by atoms with Crippen molar-refractivity contribution in [3.05, 3.63) is 24.4 Å². The lowest BCUT2D eigenvalue weighted by atomic mass is 10.5. The first-order chi connectivity index (χ1) is 9.30. The summed E-state index contributed by atoms with van der Waals surface area (Å²) in [5, 5.41) is 1.44. The van der Waals surface area contributed by atoms with Crippen molar-refractivity contribution in [1.29, 1.82) is 0 Å². The van der Waals surface area contributed by atoms with Gasteiger partial charge in [0.25, 0.3) is 14.1 Å². The Morgan fingerprint density at radius 1 is 0.857 bits per heavy atom. The molecule has 0 radical (unpaired) electrons. The van der Waals surface area contributed by atoms with Gasteiger partial charge in [-0.05, 0) is 12.1 Å². The van der Waals surface area contributed by atoms with Crippen LogP contribution in [-0.4, -0.2) is 43.4 Å². The Labute approximate surface area is 140 Å². The second-order valence-electron chi connectivity index (χ2n) is 9.30. The minimum atomic E-state index is -1.62. The first-order valence-electron chi connectivity index (χ1n) is 8.21. The number of rotatable bonds is 5. The molecule has 1 aromatic rings. The van der Waals surface area contributed by atoms with Crippen LogP contribution in [0.2, 0.25) is 67.1 Å². The van der Waals surface area contributed by atoms with Crippen molar-refractivity contribution in [3.63, 3.8) is 0 Å². The quantitative estimate of drug-likeness (QED) is 0.695. The summed E-state index contributed by atoms with van der Waals surface area (Å²) in [6.07, 6.45) is 2.01. The van der Waals surface area contributed by atoms with Gasteiger partial charge in [0.2, 0.25) is 0 Å². The van der Waals surface area contributed by atoms with Crippen LogP contribution >= 0.6 is 0 Å². The molecule has 0 aliphatic heterocycles. The van der Waals surface area contributed by atoms with Crippen LogP contribution in [-0.2, 0) is 0 Å². The molecule has 0 saturated heterocycles. The summed E-state index contributed by atoms with van der Waals surface area (Å²) in [4.78, 5) is 4.85. The van der Waals surface area contributed by atoms with Gasteiger partial charge in [0.05, 0.1) is 8.07 Å². The summed E-state index contributed by atoms with van der Waals surface area (Å²) < 4.78 is 0.668. The Morgan fingerprint density at radius 2 is 1.33 bits per heavy atom. The van der Waals surface area contributed by atoms with Crippen molar-refractivity contribution in [2.45, 2.75) is 67.1 Å². The first-order valence-corrected chi connectivity index (χ1v) is 21.1. The summed E-state index contributed by atoms with van der Waals surface area (Å²) in [7, 11) is -4.24. The average Bonchev–Trinajstić information content (AvgIpc) is 2.25. The lowest BCUT2D eigenvalue weighted by Crippen LogP contribution is -2.75. The van der Waals surface area contributed by atoms with Crippen LogP contribution < -0.4 is 5.32 Å². The van der Waals surface area contributed by atoms with E-state index in [1.54, 1.807) is 0 Å². The number of aromatic nitrogens is 1. The van der Waals surface area contributed by atoms with Crippen LogP contribution in [0.15, 0.2) is 24.4 Å². The molecule has 21 heavy (non-hydrogen) atoms. The molecule has 0 amide bonds. The molecule has 0 aliphatic carbocycles. The first kappa shape index (κ1) is 19.4. The van der Waals surface area contributed by atoms with Crippen LogP contribution in [0.1, 0.15) is 0 Å². The number of pyridine rings is 1. The minimum Gasteiger partial charge on any atom is -0.266 e. The van der Waals surface area contributed by atoms with E-state index in [1.165, 1.54) is 5.32 Å². The van der Waals surface area contributed by atoms with Crippen LogP contribution in [0.4, 0.5) is 0 Å². The fraction of sp³-hybridized carbons (Fsp3) is 0.688. The topological polar surface area (TPSA) is 12.9 Å². The molecular weight excluding hydrogens is 317 g/mol. The molecule has 1 nitrogen and oxygen atoms in total. The molecular formula is C16H34AlNSi3. The molecule has 0 aliphatic rings. The molecule has 118 valence electrons. The predicted octanol–water partition coefficient (Wildman–Crippen LogP) is 4.79. The van der Waals surface area contributed by atoms with E-state index < -0.39 is 38.4 Å². The van der Waals surface area contributed by atoms with Crippen molar-refractivity contribution in [3.8, 4) is 0 Å². The third-order valence-electron chi connectivity index (χ3n) is 5.52. The van der Waals surface area contributed by atoms with E-state index in [9.17, 15) is 0 Å². The van der Waals surface area contributed by atoms with Crippen LogP contribution in [0.5, 0.6) is 0 Å². The minimum absolute atomic E-state index is 0.668. The monoisotopic (exact) mass is 351 g/mol. The molecule has 0 bridgehead atoms.